The van der Waals surface area contributed by atoms with Gasteiger partial charge in [-0.15, -0.1) is 0 Å². The van der Waals surface area contributed by atoms with Crippen LogP contribution in [-0.4, -0.2) is 29.2 Å². The molecule has 4 atom stereocenters. The molecule has 24 heavy (non-hydrogen) atoms. The molecule has 1 aliphatic heterocycles. The van der Waals surface area contributed by atoms with Gasteiger partial charge in [-0.2, -0.15) is 0 Å². The molecule has 126 valence electrons. The molecule has 1 aromatic rings. The van der Waals surface area contributed by atoms with Gasteiger partial charge in [-0.25, -0.2) is 0 Å². The number of aryl methyl sites for hydroxylation is 2. The molecule has 1 heterocycles. The van der Waals surface area contributed by atoms with Crippen molar-refractivity contribution in [3.63, 3.8) is 0 Å². The van der Waals surface area contributed by atoms with Gasteiger partial charge in [0.15, 0.2) is 0 Å². The topological polar surface area (TPSA) is 66.5 Å². The minimum Gasteiger partial charge on any atom is -0.325 e. The first-order valence-corrected chi connectivity index (χ1v) is 8.68. The molecule has 1 aromatic carbocycles. The zero-order valence-electron chi connectivity index (χ0n) is 14.0. The van der Waals surface area contributed by atoms with E-state index < -0.39 is 0 Å². The second-order valence-corrected chi connectivity index (χ2v) is 7.49. The summed E-state index contributed by atoms with van der Waals surface area (Å²) in [7, 11) is 0. The van der Waals surface area contributed by atoms with Crippen LogP contribution < -0.4 is 5.32 Å². The zero-order valence-corrected chi connectivity index (χ0v) is 14.0. The highest BCUT2D eigenvalue weighted by Gasteiger charge is 2.60. The summed E-state index contributed by atoms with van der Waals surface area (Å²) >= 11 is 0. The molecule has 2 aliphatic carbocycles. The van der Waals surface area contributed by atoms with Gasteiger partial charge in [0.05, 0.1) is 11.8 Å². The maximum Gasteiger partial charge on any atom is 0.244 e. The first-order valence-electron chi connectivity index (χ1n) is 8.68. The van der Waals surface area contributed by atoms with Crippen molar-refractivity contribution in [2.24, 2.45) is 23.7 Å². The van der Waals surface area contributed by atoms with Crippen LogP contribution in [-0.2, 0) is 14.4 Å². The number of benzene rings is 1. The molecule has 3 fully saturated rings. The van der Waals surface area contributed by atoms with Gasteiger partial charge >= 0.3 is 0 Å². The Balaban J connectivity index is 1.45. The van der Waals surface area contributed by atoms with Crippen LogP contribution in [0.3, 0.4) is 0 Å². The Kier molecular flexibility index (Phi) is 3.48. The van der Waals surface area contributed by atoms with Crippen molar-refractivity contribution in [3.05, 3.63) is 29.3 Å². The van der Waals surface area contributed by atoms with Gasteiger partial charge in [0.25, 0.3) is 0 Å². The molecular weight excluding hydrogens is 304 g/mol. The normalized spacial score (nSPS) is 30.8. The first-order chi connectivity index (χ1) is 11.5. The lowest BCUT2D eigenvalue weighted by Crippen LogP contribution is -2.39. The number of hydrogen-bond donors (Lipinski definition) is 1. The van der Waals surface area contributed by atoms with Crippen LogP contribution in [0.5, 0.6) is 0 Å². The lowest BCUT2D eigenvalue weighted by molar-refractivity contribution is -0.143. The Morgan fingerprint density at radius 2 is 1.71 bits per heavy atom. The summed E-state index contributed by atoms with van der Waals surface area (Å²) < 4.78 is 0. The summed E-state index contributed by atoms with van der Waals surface area (Å²) in [6, 6.07) is 5.68. The van der Waals surface area contributed by atoms with Crippen LogP contribution in [0, 0.1) is 37.5 Å². The van der Waals surface area contributed by atoms with Crippen LogP contribution in [0.2, 0.25) is 0 Å². The Labute approximate surface area is 141 Å². The van der Waals surface area contributed by atoms with E-state index in [9.17, 15) is 14.4 Å². The summed E-state index contributed by atoms with van der Waals surface area (Å²) in [5.74, 6) is -0.197. The monoisotopic (exact) mass is 326 g/mol. The highest BCUT2D eigenvalue weighted by atomic mass is 16.2. The molecule has 1 N–H and O–H groups in total. The van der Waals surface area contributed by atoms with Crippen molar-refractivity contribution in [2.45, 2.75) is 33.1 Å². The third-order valence-corrected chi connectivity index (χ3v) is 6.11. The Bertz CT molecular complexity index is 714. The second-order valence-electron chi connectivity index (χ2n) is 7.49. The van der Waals surface area contributed by atoms with Gasteiger partial charge in [0.2, 0.25) is 17.7 Å². The van der Waals surface area contributed by atoms with Crippen molar-refractivity contribution in [1.82, 2.24) is 4.90 Å². The van der Waals surface area contributed by atoms with Crippen molar-refractivity contribution in [2.75, 3.05) is 11.9 Å². The molecule has 0 spiro atoms. The number of anilines is 1. The average molecular weight is 326 g/mol. The van der Waals surface area contributed by atoms with Crippen molar-refractivity contribution in [3.8, 4) is 0 Å². The molecule has 0 radical (unpaired) electrons. The molecule has 0 aromatic heterocycles. The number of likely N-dealkylation sites (tertiary alicyclic amines) is 1. The van der Waals surface area contributed by atoms with Gasteiger partial charge in [0.1, 0.15) is 6.54 Å². The van der Waals surface area contributed by atoms with Crippen LogP contribution in [0.25, 0.3) is 0 Å². The number of nitrogens with one attached hydrogen (secondary N) is 1. The fourth-order valence-electron chi connectivity index (χ4n) is 4.79. The molecule has 3 aliphatic rings. The maximum absolute atomic E-state index is 12.6. The number of imide groups is 1. The number of carbonyl (C=O) groups is 3. The lowest BCUT2D eigenvalue weighted by Gasteiger charge is -2.19. The SMILES string of the molecule is Cc1ccc(NC(=O)CN2C(=O)[C@@H]3[C@@H]4CC[C@@H](C4)[C@@H]3C2=O)cc1C. The molecule has 4 rings (SSSR count). The van der Waals surface area contributed by atoms with Gasteiger partial charge in [0, 0.05) is 5.69 Å². The molecule has 1 saturated heterocycles. The molecular formula is C19H22N2O3. The predicted octanol–water partition coefficient (Wildman–Crippen LogP) is 2.27. The zero-order chi connectivity index (χ0) is 17.0. The molecule has 2 bridgehead atoms. The Morgan fingerprint density at radius 3 is 2.29 bits per heavy atom. The minimum absolute atomic E-state index is 0.132. The summed E-state index contributed by atoms with van der Waals surface area (Å²) in [5, 5.41) is 2.80. The van der Waals surface area contributed by atoms with Gasteiger partial charge < -0.3 is 5.32 Å². The summed E-state index contributed by atoms with van der Waals surface area (Å²) in [5.41, 5.74) is 2.94. The smallest absolute Gasteiger partial charge is 0.244 e. The van der Waals surface area contributed by atoms with E-state index >= 15 is 0 Å². The number of fused-ring (bicyclic) bond motifs is 5. The van der Waals surface area contributed by atoms with E-state index in [4.69, 9.17) is 0 Å². The van der Waals surface area contributed by atoms with Crippen LogP contribution >= 0.6 is 0 Å². The third-order valence-electron chi connectivity index (χ3n) is 6.11. The summed E-state index contributed by atoms with van der Waals surface area (Å²) in [6.07, 6.45) is 3.11. The molecule has 0 unspecified atom stereocenters. The second kappa shape index (κ2) is 5.43. The van der Waals surface area contributed by atoms with E-state index in [-0.39, 0.29) is 36.1 Å². The standard InChI is InChI=1S/C19H22N2O3/c1-10-3-6-14(7-11(10)2)20-15(22)9-21-18(23)16-12-4-5-13(8-12)17(16)19(21)24/h3,6-7,12-13,16-17H,4-5,8-9H2,1-2H3,(H,20,22)/t12-,13+,16-,17+. The molecule has 5 nitrogen and oxygen atoms in total. The largest absolute Gasteiger partial charge is 0.325 e. The molecule has 2 saturated carbocycles. The number of carbonyl (C=O) groups excluding carboxylic acids is 3. The third kappa shape index (κ3) is 2.26. The fourth-order valence-corrected chi connectivity index (χ4v) is 4.79. The summed E-state index contributed by atoms with van der Waals surface area (Å²) in [6.45, 7) is 3.82. The number of hydrogen-bond acceptors (Lipinski definition) is 3. The average Bonchev–Trinajstić information content (AvgIpc) is 3.21. The Morgan fingerprint density at radius 1 is 1.08 bits per heavy atom. The summed E-state index contributed by atoms with van der Waals surface area (Å²) in [4.78, 5) is 38.7. The maximum atomic E-state index is 12.6. The van der Waals surface area contributed by atoms with Gasteiger partial charge in [-0.1, -0.05) is 6.07 Å². The lowest BCUT2D eigenvalue weighted by atomic mass is 9.81. The van der Waals surface area contributed by atoms with Crippen LogP contribution in [0.1, 0.15) is 30.4 Å². The van der Waals surface area contributed by atoms with Crippen molar-refractivity contribution >= 4 is 23.4 Å². The van der Waals surface area contributed by atoms with E-state index in [1.54, 1.807) is 0 Å². The molecule has 3 amide bonds. The van der Waals surface area contributed by atoms with Crippen LogP contribution in [0.4, 0.5) is 5.69 Å². The van der Waals surface area contributed by atoms with E-state index in [2.05, 4.69) is 5.32 Å². The number of amides is 3. The fraction of sp³-hybridized carbons (Fsp3) is 0.526. The van der Waals surface area contributed by atoms with E-state index in [0.29, 0.717) is 17.5 Å². The van der Waals surface area contributed by atoms with Crippen LogP contribution in [0.15, 0.2) is 18.2 Å². The predicted molar refractivity (Wildman–Crippen MR) is 89.1 cm³/mol. The quantitative estimate of drug-likeness (QED) is 0.867. The highest BCUT2D eigenvalue weighted by Crippen LogP contribution is 2.56. The molecule has 5 heteroatoms. The number of nitrogens with zero attached hydrogens (tertiary/aromatic N) is 1. The van der Waals surface area contributed by atoms with Gasteiger partial charge in [-0.05, 0) is 68.2 Å². The van der Waals surface area contributed by atoms with Gasteiger partial charge in [-0.3, -0.25) is 19.3 Å². The first kappa shape index (κ1) is 15.4. The van der Waals surface area contributed by atoms with Crippen molar-refractivity contribution in [1.29, 1.82) is 0 Å². The highest BCUT2D eigenvalue weighted by molar-refractivity contribution is 6.09. The van der Waals surface area contributed by atoms with E-state index in [1.807, 2.05) is 32.0 Å². The number of rotatable bonds is 3. The van der Waals surface area contributed by atoms with E-state index in [1.165, 1.54) is 4.90 Å². The van der Waals surface area contributed by atoms with E-state index in [0.717, 1.165) is 30.4 Å². The van der Waals surface area contributed by atoms with Crippen molar-refractivity contribution < 1.29 is 14.4 Å². The minimum atomic E-state index is -0.313. The Hall–Kier alpha value is -2.17.